The molecule has 72 valence electrons. The summed E-state index contributed by atoms with van der Waals surface area (Å²) in [6, 6.07) is 0. The maximum atomic E-state index is 5.79. The molecule has 0 spiro atoms. The van der Waals surface area contributed by atoms with E-state index in [1.165, 1.54) is 0 Å². The molecule has 0 aromatic heterocycles. The molecule has 0 saturated carbocycles. The first-order valence-electron chi connectivity index (χ1n) is 4.64. The monoisotopic (exact) mass is 186 g/mol. The molecule has 0 aliphatic heterocycles. The summed E-state index contributed by atoms with van der Waals surface area (Å²) in [6.45, 7) is 13.4. The fourth-order valence-corrected chi connectivity index (χ4v) is 1.28. The van der Waals surface area contributed by atoms with Crippen molar-refractivity contribution >= 4 is 8.32 Å². The number of hydrogen-bond acceptors (Lipinski definition) is 1. The largest absolute Gasteiger partial charge is 0.549 e. The third-order valence-electron chi connectivity index (χ3n) is 2.50. The topological polar surface area (TPSA) is 9.23 Å². The van der Waals surface area contributed by atoms with E-state index in [0.29, 0.717) is 5.04 Å². The average molecular weight is 186 g/mol. The van der Waals surface area contributed by atoms with Crippen LogP contribution in [0.1, 0.15) is 34.1 Å². The molecule has 12 heavy (non-hydrogen) atoms. The first-order chi connectivity index (χ1) is 5.31. The van der Waals surface area contributed by atoms with Gasteiger partial charge in [0.15, 0.2) is 0 Å². The maximum absolute atomic E-state index is 5.79. The Balaban J connectivity index is 4.14. The number of hydrogen-bond donors (Lipinski definition) is 0. The van der Waals surface area contributed by atoms with Crippen molar-refractivity contribution in [1.29, 1.82) is 0 Å². The molecule has 0 bridgehead atoms. The summed E-state index contributed by atoms with van der Waals surface area (Å²) < 4.78 is 5.79. The van der Waals surface area contributed by atoms with Crippen LogP contribution >= 0.6 is 0 Å². The summed E-state index contributed by atoms with van der Waals surface area (Å²) in [5.74, 6) is 0. The molecule has 0 saturated heterocycles. The van der Waals surface area contributed by atoms with E-state index in [1.807, 2.05) is 6.26 Å². The van der Waals surface area contributed by atoms with Gasteiger partial charge in [0.25, 0.3) is 0 Å². The Labute approximate surface area is 78.0 Å². The lowest BCUT2D eigenvalue weighted by Crippen LogP contribution is -2.39. The van der Waals surface area contributed by atoms with Gasteiger partial charge in [-0.05, 0) is 24.6 Å². The van der Waals surface area contributed by atoms with Crippen LogP contribution in [0.4, 0.5) is 0 Å². The predicted octanol–water partition coefficient (Wildman–Crippen LogP) is 3.93. The van der Waals surface area contributed by atoms with Gasteiger partial charge < -0.3 is 4.43 Å². The van der Waals surface area contributed by atoms with E-state index < -0.39 is 8.32 Å². The van der Waals surface area contributed by atoms with Crippen molar-refractivity contribution in [3.8, 4) is 0 Å². The van der Waals surface area contributed by atoms with Gasteiger partial charge >= 0.3 is 0 Å². The molecule has 0 rings (SSSR count). The molecule has 0 heterocycles. The van der Waals surface area contributed by atoms with Gasteiger partial charge in [-0.15, -0.1) is 0 Å². The summed E-state index contributed by atoms with van der Waals surface area (Å²) in [4.78, 5) is 0. The summed E-state index contributed by atoms with van der Waals surface area (Å²) >= 11 is 0. The minimum Gasteiger partial charge on any atom is -0.549 e. The Hall–Kier alpha value is -0.243. The highest BCUT2D eigenvalue weighted by Gasteiger charge is 2.37. The molecule has 1 nitrogen and oxygen atoms in total. The molecule has 0 fully saturated rings. The second kappa shape index (κ2) is 4.12. The first kappa shape index (κ1) is 11.8. The summed E-state index contributed by atoms with van der Waals surface area (Å²) in [6.07, 6.45) is 4.99. The molecular formula is C10H22OSi. The lowest BCUT2D eigenvalue weighted by atomic mass is 10.2. The van der Waals surface area contributed by atoms with E-state index in [-0.39, 0.29) is 0 Å². The summed E-state index contributed by atoms with van der Waals surface area (Å²) in [5, 5.41) is 0.311. The van der Waals surface area contributed by atoms with E-state index >= 15 is 0 Å². The zero-order valence-electron chi connectivity index (χ0n) is 9.27. The average Bonchev–Trinajstić information content (AvgIpc) is 1.85. The van der Waals surface area contributed by atoms with Crippen molar-refractivity contribution in [2.45, 2.75) is 52.2 Å². The second-order valence-corrected chi connectivity index (χ2v) is 9.41. The van der Waals surface area contributed by atoms with Crippen molar-refractivity contribution in [3.05, 3.63) is 12.3 Å². The molecule has 0 unspecified atom stereocenters. The zero-order chi connectivity index (χ0) is 9.83. The van der Waals surface area contributed by atoms with Crippen molar-refractivity contribution in [2.24, 2.45) is 0 Å². The van der Waals surface area contributed by atoms with Crippen molar-refractivity contribution in [2.75, 3.05) is 0 Å². The maximum Gasteiger partial charge on any atom is 0.249 e. The van der Waals surface area contributed by atoms with Crippen LogP contribution in [0.3, 0.4) is 0 Å². The van der Waals surface area contributed by atoms with Gasteiger partial charge in [-0.2, -0.15) is 0 Å². The van der Waals surface area contributed by atoms with Crippen molar-refractivity contribution < 1.29 is 4.43 Å². The van der Waals surface area contributed by atoms with Crippen LogP contribution in [-0.4, -0.2) is 8.32 Å². The van der Waals surface area contributed by atoms with Gasteiger partial charge in [0.05, 0.1) is 6.26 Å². The van der Waals surface area contributed by atoms with Crippen LogP contribution < -0.4 is 0 Å². The standard InChI is InChI=1S/C10H22OSi/c1-7-8-9-11-12(5,6)10(2,3)4/h8-9H,7H2,1-6H3. The highest BCUT2D eigenvalue weighted by molar-refractivity contribution is 6.74. The molecule has 0 aliphatic carbocycles. The second-order valence-electron chi connectivity index (χ2n) is 4.66. The van der Waals surface area contributed by atoms with Crippen LogP contribution in [0.25, 0.3) is 0 Å². The van der Waals surface area contributed by atoms with Crippen molar-refractivity contribution in [1.82, 2.24) is 0 Å². The molecule has 0 aromatic carbocycles. The van der Waals surface area contributed by atoms with Crippen LogP contribution in [-0.2, 0) is 4.43 Å². The third-order valence-corrected chi connectivity index (χ3v) is 6.84. The minimum absolute atomic E-state index is 0.311. The van der Waals surface area contributed by atoms with Gasteiger partial charge in [0.2, 0.25) is 8.32 Å². The number of allylic oxidation sites excluding steroid dienone is 1. The Kier molecular flexibility index (Phi) is 4.04. The van der Waals surface area contributed by atoms with Gasteiger partial charge in [0, 0.05) is 0 Å². The van der Waals surface area contributed by atoms with Crippen molar-refractivity contribution in [3.63, 3.8) is 0 Å². The summed E-state index contributed by atoms with van der Waals surface area (Å²) in [7, 11) is -1.53. The minimum atomic E-state index is -1.53. The first-order valence-corrected chi connectivity index (χ1v) is 7.55. The Morgan fingerprint density at radius 3 is 2.08 bits per heavy atom. The normalized spacial score (nSPS) is 13.8. The van der Waals surface area contributed by atoms with Gasteiger partial charge in [-0.3, -0.25) is 0 Å². The molecule has 0 aromatic rings. The quantitative estimate of drug-likeness (QED) is 0.479. The Morgan fingerprint density at radius 2 is 1.75 bits per heavy atom. The lowest BCUT2D eigenvalue weighted by molar-refractivity contribution is 0.428. The van der Waals surface area contributed by atoms with E-state index in [2.05, 4.69) is 46.9 Å². The molecule has 0 radical (unpaired) electrons. The fourth-order valence-electron chi connectivity index (χ4n) is 0.491. The molecule has 0 atom stereocenters. The number of rotatable bonds is 3. The van der Waals surface area contributed by atoms with Gasteiger partial charge in [-0.1, -0.05) is 33.8 Å². The molecule has 0 amide bonds. The molecular weight excluding hydrogens is 164 g/mol. The van der Waals surface area contributed by atoms with Crippen LogP contribution in [0, 0.1) is 0 Å². The lowest BCUT2D eigenvalue weighted by Gasteiger charge is -2.34. The van der Waals surface area contributed by atoms with Crippen LogP contribution in [0.2, 0.25) is 18.1 Å². The molecule has 2 heteroatoms. The summed E-state index contributed by atoms with van der Waals surface area (Å²) in [5.41, 5.74) is 0. The van der Waals surface area contributed by atoms with E-state index in [9.17, 15) is 0 Å². The SMILES string of the molecule is CCC=CO[Si](C)(C)C(C)(C)C. The van der Waals surface area contributed by atoms with Gasteiger partial charge in [-0.25, -0.2) is 0 Å². The fraction of sp³-hybridized carbons (Fsp3) is 0.800. The van der Waals surface area contributed by atoms with E-state index in [1.54, 1.807) is 0 Å². The third kappa shape index (κ3) is 3.44. The molecule has 0 aliphatic rings. The smallest absolute Gasteiger partial charge is 0.249 e. The van der Waals surface area contributed by atoms with E-state index in [0.717, 1.165) is 6.42 Å². The Morgan fingerprint density at radius 1 is 1.25 bits per heavy atom. The zero-order valence-corrected chi connectivity index (χ0v) is 10.3. The van der Waals surface area contributed by atoms with Crippen LogP contribution in [0.5, 0.6) is 0 Å². The predicted molar refractivity (Wildman–Crippen MR) is 57.7 cm³/mol. The highest BCUT2D eigenvalue weighted by atomic mass is 28.4. The highest BCUT2D eigenvalue weighted by Crippen LogP contribution is 2.36. The Bertz CT molecular complexity index is 154. The van der Waals surface area contributed by atoms with Crippen LogP contribution in [0.15, 0.2) is 12.3 Å². The van der Waals surface area contributed by atoms with E-state index in [4.69, 9.17) is 4.43 Å². The van der Waals surface area contributed by atoms with Gasteiger partial charge in [0.1, 0.15) is 0 Å². The molecule has 0 N–H and O–H groups in total.